The number of ether oxygens (including phenoxy) is 3. The van der Waals surface area contributed by atoms with Gasteiger partial charge in [0.25, 0.3) is 0 Å². The van der Waals surface area contributed by atoms with Gasteiger partial charge in [-0.15, -0.1) is 0 Å². The molecule has 0 amide bonds. The van der Waals surface area contributed by atoms with Gasteiger partial charge in [-0.05, 0) is 26.0 Å². The number of carbonyl (C=O) groups excluding carboxylic acids is 2. The average molecular weight is 346 g/mol. The van der Waals surface area contributed by atoms with Crippen LogP contribution in [-0.2, 0) is 19.1 Å². The minimum atomic E-state index is -1.32. The second kappa shape index (κ2) is 6.80. The molecule has 2 aliphatic rings. The van der Waals surface area contributed by atoms with Crippen LogP contribution in [0, 0.1) is 5.92 Å². The molecule has 9 nitrogen and oxygen atoms in total. The Hall–Kier alpha value is -3.10. The number of anilines is 1. The summed E-state index contributed by atoms with van der Waals surface area (Å²) in [6, 6.07) is 7.26. The van der Waals surface area contributed by atoms with Crippen LogP contribution in [0.3, 0.4) is 0 Å². The van der Waals surface area contributed by atoms with Crippen LogP contribution < -0.4 is 15.4 Å². The maximum absolute atomic E-state index is 12.4. The van der Waals surface area contributed by atoms with Gasteiger partial charge < -0.3 is 19.9 Å². The molecule has 0 saturated carbocycles. The van der Waals surface area contributed by atoms with Gasteiger partial charge in [0, 0.05) is 0 Å². The molecular weight excluding hydrogens is 328 g/mol. The molecule has 0 aromatic heterocycles. The monoisotopic (exact) mass is 346 g/mol. The van der Waals surface area contributed by atoms with E-state index in [-0.39, 0.29) is 25.2 Å². The van der Waals surface area contributed by atoms with Crippen LogP contribution >= 0.6 is 0 Å². The first-order chi connectivity index (χ1) is 12.1. The standard InChI is InChI=1S/C16H18N4O5/c1-3-23-13(21)11(14(22)24-4-2)12-18-15(17)19-16-20(12)9-7-5-6-8-10(9)25-16/h5-8,11-12H,3-4H2,1-2H3,(H2,17,18)/t12-/m1/s1. The number of hydrogen-bond donors (Lipinski definition) is 1. The molecule has 1 aromatic carbocycles. The summed E-state index contributed by atoms with van der Waals surface area (Å²) in [6.07, 6.45) is -1.01. The van der Waals surface area contributed by atoms with Crippen LogP contribution in [0.4, 0.5) is 5.69 Å². The van der Waals surface area contributed by atoms with Crippen LogP contribution in [0.2, 0.25) is 0 Å². The van der Waals surface area contributed by atoms with E-state index in [2.05, 4.69) is 9.98 Å². The molecule has 1 aromatic rings. The molecule has 3 rings (SSSR count). The lowest BCUT2D eigenvalue weighted by molar-refractivity contribution is -0.162. The molecular formula is C16H18N4O5. The summed E-state index contributed by atoms with van der Waals surface area (Å²) >= 11 is 0. The van der Waals surface area contributed by atoms with E-state index in [1.54, 1.807) is 43.0 Å². The van der Waals surface area contributed by atoms with Gasteiger partial charge in [0.1, 0.15) is 0 Å². The number of aliphatic imine (C=N–C) groups is 2. The van der Waals surface area contributed by atoms with E-state index in [0.29, 0.717) is 11.4 Å². The van der Waals surface area contributed by atoms with Gasteiger partial charge in [-0.25, -0.2) is 4.99 Å². The Morgan fingerprint density at radius 3 is 2.52 bits per heavy atom. The molecule has 0 unspecified atom stereocenters. The first kappa shape index (κ1) is 16.7. The van der Waals surface area contributed by atoms with Crippen LogP contribution in [0.1, 0.15) is 13.8 Å². The number of rotatable bonds is 5. The van der Waals surface area contributed by atoms with Gasteiger partial charge >= 0.3 is 18.0 Å². The first-order valence-corrected chi connectivity index (χ1v) is 7.88. The molecule has 0 aliphatic carbocycles. The molecule has 9 heteroatoms. The van der Waals surface area contributed by atoms with Gasteiger partial charge in [-0.3, -0.25) is 14.5 Å². The number of nitrogens with zero attached hydrogens (tertiary/aromatic N) is 3. The van der Waals surface area contributed by atoms with E-state index in [9.17, 15) is 9.59 Å². The van der Waals surface area contributed by atoms with Crippen molar-refractivity contribution < 1.29 is 23.8 Å². The number of guanidine groups is 1. The Labute approximate surface area is 144 Å². The zero-order chi connectivity index (χ0) is 18.0. The highest BCUT2D eigenvalue weighted by Gasteiger charge is 2.47. The van der Waals surface area contributed by atoms with Crippen LogP contribution in [-0.4, -0.2) is 43.3 Å². The fourth-order valence-corrected chi connectivity index (χ4v) is 2.67. The van der Waals surface area contributed by atoms with Gasteiger partial charge in [0.05, 0.1) is 18.9 Å². The van der Waals surface area contributed by atoms with Crippen molar-refractivity contribution >= 4 is 29.6 Å². The van der Waals surface area contributed by atoms with Crippen molar-refractivity contribution in [1.82, 2.24) is 0 Å². The minimum absolute atomic E-state index is 0.0948. The van der Waals surface area contributed by atoms with Crippen LogP contribution in [0.15, 0.2) is 34.3 Å². The molecule has 25 heavy (non-hydrogen) atoms. The quantitative estimate of drug-likeness (QED) is 0.614. The van der Waals surface area contributed by atoms with Crippen LogP contribution in [0.25, 0.3) is 0 Å². The molecule has 1 atom stereocenters. The van der Waals surface area contributed by atoms with Gasteiger partial charge in [0.2, 0.25) is 5.96 Å². The zero-order valence-electron chi connectivity index (χ0n) is 13.8. The third kappa shape index (κ3) is 3.00. The molecule has 132 valence electrons. The van der Waals surface area contributed by atoms with E-state index >= 15 is 0 Å². The summed E-state index contributed by atoms with van der Waals surface area (Å²) in [5.41, 5.74) is 6.38. The highest BCUT2D eigenvalue weighted by molar-refractivity contribution is 6.09. The number of carbonyl (C=O) groups is 2. The fraction of sp³-hybridized carbons (Fsp3) is 0.375. The van der Waals surface area contributed by atoms with Gasteiger partial charge in [-0.2, -0.15) is 4.99 Å². The lowest BCUT2D eigenvalue weighted by atomic mass is 10.0. The number of hydrogen-bond acceptors (Lipinski definition) is 9. The second-order valence-corrected chi connectivity index (χ2v) is 5.22. The lowest BCUT2D eigenvalue weighted by Crippen LogP contribution is -2.52. The second-order valence-electron chi connectivity index (χ2n) is 5.22. The fourth-order valence-electron chi connectivity index (χ4n) is 2.67. The van der Waals surface area contributed by atoms with Crippen molar-refractivity contribution in [3.8, 4) is 5.75 Å². The highest BCUT2D eigenvalue weighted by atomic mass is 16.6. The number of esters is 2. The Morgan fingerprint density at radius 1 is 1.24 bits per heavy atom. The number of nitrogens with two attached hydrogens (primary N) is 1. The van der Waals surface area contributed by atoms with Gasteiger partial charge in [0.15, 0.2) is 17.8 Å². The topological polar surface area (TPSA) is 116 Å². The summed E-state index contributed by atoms with van der Waals surface area (Å²) in [5, 5.41) is 0. The normalized spacial score (nSPS) is 17.9. The Morgan fingerprint density at radius 2 is 1.88 bits per heavy atom. The lowest BCUT2D eigenvalue weighted by Gasteiger charge is -2.31. The average Bonchev–Trinajstić information content (AvgIpc) is 2.93. The SMILES string of the molecule is CCOC(=O)C(C(=O)OCC)[C@@H]1N=C(N)N=C2Oc3ccccc3N21. The molecule has 0 bridgehead atoms. The van der Waals surface area contributed by atoms with E-state index in [1.165, 1.54) is 0 Å². The Bertz CT molecular complexity index is 743. The number of benzene rings is 1. The van der Waals surface area contributed by atoms with Gasteiger partial charge in [-0.1, -0.05) is 12.1 Å². The third-order valence-electron chi connectivity index (χ3n) is 3.65. The smallest absolute Gasteiger partial charge is 0.324 e. The van der Waals surface area contributed by atoms with E-state index in [0.717, 1.165) is 0 Å². The summed E-state index contributed by atoms with van der Waals surface area (Å²) in [4.78, 5) is 34.6. The Balaban J connectivity index is 2.03. The summed E-state index contributed by atoms with van der Waals surface area (Å²) in [5.74, 6) is -2.37. The number of fused-ring (bicyclic) bond motifs is 3. The van der Waals surface area contributed by atoms with E-state index in [4.69, 9.17) is 19.9 Å². The summed E-state index contributed by atoms with van der Waals surface area (Å²) < 4.78 is 15.7. The highest BCUT2D eigenvalue weighted by Crippen LogP contribution is 2.39. The van der Waals surface area contributed by atoms with Crippen molar-refractivity contribution in [3.05, 3.63) is 24.3 Å². The first-order valence-electron chi connectivity index (χ1n) is 7.88. The van der Waals surface area contributed by atoms with Crippen LogP contribution in [0.5, 0.6) is 5.75 Å². The summed E-state index contributed by atoms with van der Waals surface area (Å²) in [6.45, 7) is 3.54. The zero-order valence-corrected chi connectivity index (χ0v) is 13.8. The molecule has 2 heterocycles. The molecule has 2 aliphatic heterocycles. The molecule has 0 saturated heterocycles. The third-order valence-corrected chi connectivity index (χ3v) is 3.65. The predicted molar refractivity (Wildman–Crippen MR) is 89.2 cm³/mol. The molecule has 2 N–H and O–H groups in total. The Kier molecular flexibility index (Phi) is 4.55. The van der Waals surface area contributed by atoms with E-state index < -0.39 is 24.0 Å². The molecule has 0 fully saturated rings. The van der Waals surface area contributed by atoms with E-state index in [1.807, 2.05) is 0 Å². The predicted octanol–water partition coefficient (Wildman–Crippen LogP) is 0.638. The largest absolute Gasteiger partial charge is 0.465 e. The molecule has 0 radical (unpaired) electrons. The number of amidine groups is 1. The van der Waals surface area contributed by atoms with Crippen molar-refractivity contribution in [3.63, 3.8) is 0 Å². The maximum atomic E-state index is 12.4. The van der Waals surface area contributed by atoms with Crippen molar-refractivity contribution in [1.29, 1.82) is 0 Å². The maximum Gasteiger partial charge on any atom is 0.324 e. The minimum Gasteiger partial charge on any atom is -0.465 e. The summed E-state index contributed by atoms with van der Waals surface area (Å²) in [7, 11) is 0. The number of para-hydroxylation sites is 2. The van der Waals surface area contributed by atoms with Crippen molar-refractivity contribution in [2.75, 3.05) is 18.1 Å². The van der Waals surface area contributed by atoms with Crippen molar-refractivity contribution in [2.45, 2.75) is 20.0 Å². The van der Waals surface area contributed by atoms with Crippen molar-refractivity contribution in [2.24, 2.45) is 21.6 Å². The molecule has 0 spiro atoms.